The first-order valence-corrected chi connectivity index (χ1v) is 9.54. The van der Waals surface area contributed by atoms with Gasteiger partial charge in [-0.3, -0.25) is 14.1 Å². The molecule has 132 valence electrons. The van der Waals surface area contributed by atoms with Crippen LogP contribution in [0.2, 0.25) is 0 Å². The van der Waals surface area contributed by atoms with Crippen LogP contribution < -0.4 is 4.31 Å². The van der Waals surface area contributed by atoms with Gasteiger partial charge in [0.15, 0.2) is 0 Å². The lowest BCUT2D eigenvalue weighted by Crippen LogP contribution is -2.40. The molecule has 8 heteroatoms. The van der Waals surface area contributed by atoms with Gasteiger partial charge in [0.2, 0.25) is 15.9 Å². The Morgan fingerprint density at radius 3 is 2.68 bits per heavy atom. The lowest BCUT2D eigenvalue weighted by atomic mass is 10.2. The molecule has 0 bridgehead atoms. The maximum Gasteiger partial charge on any atom is 0.243 e. The van der Waals surface area contributed by atoms with Crippen LogP contribution in [0.5, 0.6) is 0 Å². The van der Waals surface area contributed by atoms with Crippen LogP contribution in [-0.2, 0) is 27.9 Å². The second kappa shape index (κ2) is 6.44. The van der Waals surface area contributed by atoms with Gasteiger partial charge in [-0.05, 0) is 42.3 Å². The second-order valence-electron chi connectivity index (χ2n) is 6.09. The van der Waals surface area contributed by atoms with E-state index in [0.717, 1.165) is 33.4 Å². The van der Waals surface area contributed by atoms with Gasteiger partial charge in [-0.2, -0.15) is 0 Å². The van der Waals surface area contributed by atoms with Gasteiger partial charge in [-0.25, -0.2) is 12.8 Å². The Morgan fingerprint density at radius 2 is 2.00 bits per heavy atom. The van der Waals surface area contributed by atoms with Gasteiger partial charge >= 0.3 is 0 Å². The highest BCUT2D eigenvalue weighted by Gasteiger charge is 2.28. The SMILES string of the molecule is Cc1cc2c(cn1)CN(C(=O)CN(c1cccc(F)c1)S(C)(=O)=O)C2. The molecule has 0 fully saturated rings. The van der Waals surface area contributed by atoms with Crippen molar-refractivity contribution in [2.24, 2.45) is 0 Å². The first-order valence-electron chi connectivity index (χ1n) is 7.69. The molecule has 0 unspecified atom stereocenters. The van der Waals surface area contributed by atoms with Crippen LogP contribution in [0.1, 0.15) is 16.8 Å². The van der Waals surface area contributed by atoms with Crippen LogP contribution in [0.15, 0.2) is 36.5 Å². The number of sulfonamides is 1. The minimum absolute atomic E-state index is 0.130. The molecular formula is C17H18FN3O3S. The Kier molecular flexibility index (Phi) is 4.47. The zero-order valence-corrected chi connectivity index (χ0v) is 14.8. The monoisotopic (exact) mass is 363 g/mol. The number of benzene rings is 1. The smallest absolute Gasteiger partial charge is 0.243 e. The Balaban J connectivity index is 1.80. The van der Waals surface area contributed by atoms with Gasteiger partial charge in [0.05, 0.1) is 11.9 Å². The predicted octanol–water partition coefficient (Wildman–Crippen LogP) is 1.84. The average Bonchev–Trinajstić information content (AvgIpc) is 2.94. The molecule has 2 aromatic rings. The fraction of sp³-hybridized carbons (Fsp3) is 0.294. The molecule has 1 aliphatic heterocycles. The zero-order valence-electron chi connectivity index (χ0n) is 13.9. The van der Waals surface area contributed by atoms with E-state index in [1.54, 1.807) is 11.1 Å². The number of hydrogen-bond acceptors (Lipinski definition) is 4. The number of rotatable bonds is 4. The minimum Gasteiger partial charge on any atom is -0.332 e. The van der Waals surface area contributed by atoms with Gasteiger partial charge in [-0.15, -0.1) is 0 Å². The number of pyridine rings is 1. The van der Waals surface area contributed by atoms with Crippen LogP contribution >= 0.6 is 0 Å². The van der Waals surface area contributed by atoms with Crippen molar-refractivity contribution < 1.29 is 17.6 Å². The molecule has 3 rings (SSSR count). The summed E-state index contributed by atoms with van der Waals surface area (Å²) in [7, 11) is -3.73. The summed E-state index contributed by atoms with van der Waals surface area (Å²) in [6.07, 6.45) is 2.73. The Labute approximate surface area is 145 Å². The van der Waals surface area contributed by atoms with Crippen molar-refractivity contribution in [3.63, 3.8) is 0 Å². The van der Waals surface area contributed by atoms with E-state index in [1.807, 2.05) is 13.0 Å². The van der Waals surface area contributed by atoms with Crippen LogP contribution in [0.4, 0.5) is 10.1 Å². The standard InChI is InChI=1S/C17H18FN3O3S/c1-12-6-13-9-20(10-14(13)8-19-12)17(22)11-21(25(2,23)24)16-5-3-4-15(18)7-16/h3-8H,9-11H2,1-2H3. The zero-order chi connectivity index (χ0) is 18.2. The van der Waals surface area contributed by atoms with Gasteiger partial charge in [0, 0.05) is 25.0 Å². The molecule has 0 radical (unpaired) electrons. The summed E-state index contributed by atoms with van der Waals surface area (Å²) in [5.41, 5.74) is 2.96. The summed E-state index contributed by atoms with van der Waals surface area (Å²) in [6.45, 7) is 2.31. The molecule has 1 aromatic heterocycles. The van der Waals surface area contributed by atoms with Crippen LogP contribution in [0.3, 0.4) is 0 Å². The highest BCUT2D eigenvalue weighted by molar-refractivity contribution is 7.92. The maximum atomic E-state index is 13.4. The van der Waals surface area contributed by atoms with Gasteiger partial charge in [-0.1, -0.05) is 6.07 Å². The van der Waals surface area contributed by atoms with E-state index >= 15 is 0 Å². The van der Waals surface area contributed by atoms with Crippen molar-refractivity contribution >= 4 is 21.6 Å². The van der Waals surface area contributed by atoms with Crippen LogP contribution in [0.25, 0.3) is 0 Å². The number of fused-ring (bicyclic) bond motifs is 1. The third-order valence-corrected chi connectivity index (χ3v) is 5.21. The number of amides is 1. The lowest BCUT2D eigenvalue weighted by molar-refractivity contribution is -0.130. The second-order valence-corrected chi connectivity index (χ2v) is 8.00. The molecular weight excluding hydrogens is 345 g/mol. The summed E-state index contributed by atoms with van der Waals surface area (Å²) in [5.74, 6) is -0.905. The van der Waals surface area contributed by atoms with E-state index in [1.165, 1.54) is 18.2 Å². The Hall–Kier alpha value is -2.48. The number of nitrogens with zero attached hydrogens (tertiary/aromatic N) is 3. The average molecular weight is 363 g/mol. The summed E-state index contributed by atoms with van der Waals surface area (Å²) in [4.78, 5) is 18.4. The molecule has 0 saturated heterocycles. The van der Waals surface area contributed by atoms with E-state index in [9.17, 15) is 17.6 Å². The third-order valence-electron chi connectivity index (χ3n) is 4.07. The third kappa shape index (κ3) is 3.79. The van der Waals surface area contributed by atoms with Gasteiger partial charge in [0.1, 0.15) is 12.4 Å². The Bertz CT molecular complexity index is 930. The molecule has 0 atom stereocenters. The quantitative estimate of drug-likeness (QED) is 0.831. The van der Waals surface area contributed by atoms with E-state index in [0.29, 0.717) is 13.1 Å². The predicted molar refractivity (Wildman–Crippen MR) is 91.8 cm³/mol. The van der Waals surface area contributed by atoms with Crippen molar-refractivity contribution in [1.29, 1.82) is 0 Å². The highest BCUT2D eigenvalue weighted by atomic mass is 32.2. The largest absolute Gasteiger partial charge is 0.332 e. The molecule has 6 nitrogen and oxygen atoms in total. The fourth-order valence-corrected chi connectivity index (χ4v) is 3.67. The van der Waals surface area contributed by atoms with Crippen molar-refractivity contribution in [1.82, 2.24) is 9.88 Å². The molecule has 0 saturated carbocycles. The maximum absolute atomic E-state index is 13.4. The van der Waals surface area contributed by atoms with Crippen molar-refractivity contribution in [3.8, 4) is 0 Å². The summed E-state index contributed by atoms with van der Waals surface area (Å²) < 4.78 is 38.5. The molecule has 1 aromatic carbocycles. The number of anilines is 1. The molecule has 0 aliphatic carbocycles. The molecule has 2 heterocycles. The molecule has 1 aliphatic rings. The van der Waals surface area contributed by atoms with Gasteiger partial charge in [0.25, 0.3) is 0 Å². The highest BCUT2D eigenvalue weighted by Crippen LogP contribution is 2.24. The van der Waals surface area contributed by atoms with Crippen molar-refractivity contribution in [2.75, 3.05) is 17.1 Å². The summed E-state index contributed by atoms with van der Waals surface area (Å²) in [6, 6.07) is 7.11. The lowest BCUT2D eigenvalue weighted by Gasteiger charge is -2.24. The topological polar surface area (TPSA) is 70.6 Å². The molecule has 1 amide bonds. The molecule has 0 spiro atoms. The number of halogens is 1. The van der Waals surface area contributed by atoms with Gasteiger partial charge < -0.3 is 4.90 Å². The van der Waals surface area contributed by atoms with E-state index in [2.05, 4.69) is 4.98 Å². The summed E-state index contributed by atoms with van der Waals surface area (Å²) in [5, 5.41) is 0. The van der Waals surface area contributed by atoms with Crippen LogP contribution in [0, 0.1) is 12.7 Å². The van der Waals surface area contributed by atoms with Crippen LogP contribution in [-0.4, -0.2) is 37.0 Å². The van der Waals surface area contributed by atoms with E-state index in [4.69, 9.17) is 0 Å². The number of carbonyl (C=O) groups is 1. The Morgan fingerprint density at radius 1 is 1.28 bits per heavy atom. The fourth-order valence-electron chi connectivity index (χ4n) is 2.83. The molecule has 25 heavy (non-hydrogen) atoms. The number of hydrogen-bond donors (Lipinski definition) is 0. The van der Waals surface area contributed by atoms with E-state index in [-0.39, 0.29) is 18.1 Å². The first-order chi connectivity index (χ1) is 11.7. The van der Waals surface area contributed by atoms with Crippen molar-refractivity contribution in [2.45, 2.75) is 20.0 Å². The number of aromatic nitrogens is 1. The first kappa shape index (κ1) is 17.3. The normalized spacial score (nSPS) is 13.6. The minimum atomic E-state index is -3.73. The van der Waals surface area contributed by atoms with Crippen molar-refractivity contribution in [3.05, 3.63) is 59.2 Å². The number of carbonyl (C=O) groups excluding carboxylic acids is 1. The number of aryl methyl sites for hydroxylation is 1. The molecule has 0 N–H and O–H groups in total. The van der Waals surface area contributed by atoms with E-state index < -0.39 is 15.8 Å². The summed E-state index contributed by atoms with van der Waals surface area (Å²) >= 11 is 0.